The summed E-state index contributed by atoms with van der Waals surface area (Å²) < 4.78 is 12.8. The van der Waals surface area contributed by atoms with Gasteiger partial charge in [0.25, 0.3) is 0 Å². The fraction of sp³-hybridized carbons (Fsp3) is 0.643. The highest BCUT2D eigenvalue weighted by Crippen LogP contribution is 2.44. The standard InChI is InChI=1S/C14H21N5O4S2/c1-3-4-24-25-10-9(21)7(5-20)23-13(10)19-6-16-8-11(19)17-14(15)18-12(8)22-2/h6-7,9-10,13,20-21H,3-5H2,1-2H3,(H2,15,17,18)/t7-,9-,10+,13-/m1/s1. The number of ether oxygens (including phenoxy) is 2. The number of anilines is 1. The smallest absolute Gasteiger partial charge is 0.246 e. The summed E-state index contributed by atoms with van der Waals surface area (Å²) >= 11 is 0. The van der Waals surface area contributed by atoms with Gasteiger partial charge in [-0.2, -0.15) is 9.97 Å². The number of nitrogens with two attached hydrogens (primary N) is 1. The van der Waals surface area contributed by atoms with E-state index in [4.69, 9.17) is 15.2 Å². The van der Waals surface area contributed by atoms with Gasteiger partial charge in [0.1, 0.15) is 6.10 Å². The lowest BCUT2D eigenvalue weighted by molar-refractivity contribution is -0.0430. The van der Waals surface area contributed by atoms with Gasteiger partial charge in [0, 0.05) is 5.75 Å². The van der Waals surface area contributed by atoms with Crippen LogP contribution < -0.4 is 10.5 Å². The van der Waals surface area contributed by atoms with E-state index >= 15 is 0 Å². The number of hydrogen-bond donors (Lipinski definition) is 3. The van der Waals surface area contributed by atoms with Gasteiger partial charge in [0.15, 0.2) is 17.4 Å². The van der Waals surface area contributed by atoms with Gasteiger partial charge in [-0.15, -0.1) is 0 Å². The van der Waals surface area contributed by atoms with Crippen LogP contribution in [0.3, 0.4) is 0 Å². The number of aromatic nitrogens is 4. The molecule has 1 saturated heterocycles. The van der Waals surface area contributed by atoms with E-state index in [-0.39, 0.29) is 23.7 Å². The SMILES string of the molecule is CCCSS[C@H]1[C@H](O)[C@@H](CO)O[C@H]1n1cnc2c(OC)nc(N)nc21. The Bertz CT molecular complexity index is 731. The minimum absolute atomic E-state index is 0.0629. The van der Waals surface area contributed by atoms with Crippen molar-refractivity contribution in [2.24, 2.45) is 0 Å². The first-order chi connectivity index (χ1) is 12.1. The zero-order chi connectivity index (χ0) is 18.0. The monoisotopic (exact) mass is 387 g/mol. The molecule has 2 aromatic heterocycles. The van der Waals surface area contributed by atoms with Crippen LogP contribution in [0.5, 0.6) is 5.88 Å². The molecule has 9 nitrogen and oxygen atoms in total. The lowest BCUT2D eigenvalue weighted by atomic mass is 10.2. The first-order valence-corrected chi connectivity index (χ1v) is 10.3. The second-order valence-corrected chi connectivity index (χ2v) is 8.20. The Morgan fingerprint density at radius 1 is 1.44 bits per heavy atom. The van der Waals surface area contributed by atoms with Crippen molar-refractivity contribution < 1.29 is 19.7 Å². The molecule has 1 fully saturated rings. The van der Waals surface area contributed by atoms with E-state index in [0.29, 0.717) is 11.2 Å². The third kappa shape index (κ3) is 3.51. The third-order valence-corrected chi connectivity index (χ3v) is 6.85. The lowest BCUT2D eigenvalue weighted by Crippen LogP contribution is -2.31. The van der Waals surface area contributed by atoms with Crippen LogP contribution >= 0.6 is 21.6 Å². The summed E-state index contributed by atoms with van der Waals surface area (Å²) in [5.74, 6) is 1.30. The summed E-state index contributed by atoms with van der Waals surface area (Å²) in [7, 11) is 4.69. The Morgan fingerprint density at radius 3 is 2.92 bits per heavy atom. The summed E-state index contributed by atoms with van der Waals surface area (Å²) in [6.07, 6.45) is 0.595. The number of aliphatic hydroxyl groups excluding tert-OH is 2. The van der Waals surface area contributed by atoms with Gasteiger partial charge >= 0.3 is 0 Å². The van der Waals surface area contributed by atoms with E-state index < -0.39 is 18.4 Å². The van der Waals surface area contributed by atoms with Crippen molar-refractivity contribution in [3.63, 3.8) is 0 Å². The van der Waals surface area contributed by atoms with Crippen LogP contribution in [0, 0.1) is 0 Å². The summed E-state index contributed by atoms with van der Waals surface area (Å²) in [6.45, 7) is 1.83. The van der Waals surface area contributed by atoms with E-state index in [1.165, 1.54) is 7.11 Å². The number of rotatable bonds is 7. The number of nitrogen functional groups attached to an aromatic ring is 1. The summed E-state index contributed by atoms with van der Waals surface area (Å²) in [6, 6.07) is 0. The highest BCUT2D eigenvalue weighted by atomic mass is 33.1. The summed E-state index contributed by atoms with van der Waals surface area (Å²) in [5.41, 5.74) is 6.69. The summed E-state index contributed by atoms with van der Waals surface area (Å²) in [5, 5.41) is 19.7. The summed E-state index contributed by atoms with van der Waals surface area (Å²) in [4.78, 5) is 12.6. The van der Waals surface area contributed by atoms with Crippen LogP contribution in [0.4, 0.5) is 5.95 Å². The van der Waals surface area contributed by atoms with Crippen molar-refractivity contribution in [2.75, 3.05) is 25.2 Å². The molecule has 0 spiro atoms. The molecule has 138 valence electrons. The van der Waals surface area contributed by atoms with Gasteiger partial charge in [-0.25, -0.2) is 4.98 Å². The van der Waals surface area contributed by atoms with E-state index in [2.05, 4.69) is 21.9 Å². The molecule has 0 saturated carbocycles. The minimum atomic E-state index is -0.803. The molecule has 0 amide bonds. The molecule has 1 aliphatic heterocycles. The molecule has 4 atom stereocenters. The van der Waals surface area contributed by atoms with E-state index in [9.17, 15) is 10.2 Å². The molecule has 3 rings (SSSR count). The van der Waals surface area contributed by atoms with Crippen LogP contribution in [0.15, 0.2) is 6.33 Å². The van der Waals surface area contributed by atoms with Gasteiger partial charge in [-0.1, -0.05) is 28.5 Å². The first kappa shape index (κ1) is 18.5. The van der Waals surface area contributed by atoms with Gasteiger partial charge < -0.3 is 25.4 Å². The molecular weight excluding hydrogens is 366 g/mol. The molecule has 11 heteroatoms. The predicted molar refractivity (Wildman–Crippen MR) is 97.4 cm³/mol. The highest BCUT2D eigenvalue weighted by Gasteiger charge is 2.45. The van der Waals surface area contributed by atoms with Crippen molar-refractivity contribution in [1.29, 1.82) is 0 Å². The van der Waals surface area contributed by atoms with E-state index in [1.54, 1.807) is 32.5 Å². The number of aliphatic hydroxyl groups is 2. The van der Waals surface area contributed by atoms with E-state index in [0.717, 1.165) is 12.2 Å². The number of methoxy groups -OCH3 is 1. The Hall–Kier alpha value is -1.27. The Kier molecular flexibility index (Phi) is 5.89. The first-order valence-electron chi connectivity index (χ1n) is 7.87. The van der Waals surface area contributed by atoms with Crippen molar-refractivity contribution in [3.05, 3.63) is 6.33 Å². The third-order valence-electron chi connectivity index (χ3n) is 3.83. The largest absolute Gasteiger partial charge is 0.479 e. The number of nitrogens with zero attached hydrogens (tertiary/aromatic N) is 4. The van der Waals surface area contributed by atoms with Crippen LogP contribution in [0.2, 0.25) is 0 Å². The highest BCUT2D eigenvalue weighted by molar-refractivity contribution is 8.77. The molecule has 2 aromatic rings. The maximum absolute atomic E-state index is 10.5. The van der Waals surface area contributed by atoms with Crippen molar-refractivity contribution in [3.8, 4) is 5.88 Å². The van der Waals surface area contributed by atoms with Crippen LogP contribution in [0.1, 0.15) is 19.6 Å². The number of hydrogen-bond acceptors (Lipinski definition) is 10. The van der Waals surface area contributed by atoms with Crippen molar-refractivity contribution in [1.82, 2.24) is 19.5 Å². The Morgan fingerprint density at radius 2 is 2.24 bits per heavy atom. The second-order valence-electron chi connectivity index (χ2n) is 5.54. The maximum Gasteiger partial charge on any atom is 0.246 e. The van der Waals surface area contributed by atoms with Crippen LogP contribution in [-0.4, -0.2) is 66.7 Å². The number of imidazole rings is 1. The van der Waals surface area contributed by atoms with Gasteiger partial charge in [0.05, 0.1) is 31.4 Å². The van der Waals surface area contributed by atoms with E-state index in [1.807, 2.05) is 0 Å². The molecule has 0 bridgehead atoms. The normalized spacial score (nSPS) is 26.4. The zero-order valence-corrected chi connectivity index (χ0v) is 15.5. The molecule has 0 aliphatic carbocycles. The maximum atomic E-state index is 10.5. The fourth-order valence-corrected chi connectivity index (χ4v) is 5.53. The molecule has 0 aromatic carbocycles. The van der Waals surface area contributed by atoms with Crippen molar-refractivity contribution in [2.45, 2.75) is 37.0 Å². The number of fused-ring (bicyclic) bond motifs is 1. The molecule has 0 unspecified atom stereocenters. The molecule has 25 heavy (non-hydrogen) atoms. The van der Waals surface area contributed by atoms with Gasteiger partial charge in [0.2, 0.25) is 11.8 Å². The Balaban J connectivity index is 1.97. The van der Waals surface area contributed by atoms with Crippen molar-refractivity contribution >= 4 is 38.7 Å². The average molecular weight is 387 g/mol. The lowest BCUT2D eigenvalue weighted by Gasteiger charge is -2.20. The average Bonchev–Trinajstić information content (AvgIpc) is 3.15. The molecule has 1 aliphatic rings. The Labute approximate surface area is 152 Å². The molecule has 3 heterocycles. The van der Waals surface area contributed by atoms with Gasteiger partial charge in [-0.05, 0) is 6.42 Å². The zero-order valence-electron chi connectivity index (χ0n) is 13.9. The second kappa shape index (κ2) is 7.96. The quantitative estimate of drug-likeness (QED) is 0.464. The van der Waals surface area contributed by atoms with Gasteiger partial charge in [-0.3, -0.25) is 4.57 Å². The molecule has 0 radical (unpaired) electrons. The predicted octanol–water partition coefficient (Wildman–Crippen LogP) is 0.828. The topological polar surface area (TPSA) is 129 Å². The van der Waals surface area contributed by atoms with Crippen LogP contribution in [0.25, 0.3) is 11.2 Å². The fourth-order valence-electron chi connectivity index (χ4n) is 2.64. The molecular formula is C14H21N5O4S2. The van der Waals surface area contributed by atoms with Crippen LogP contribution in [-0.2, 0) is 4.74 Å². The molecule has 4 N–H and O–H groups in total. The minimum Gasteiger partial charge on any atom is -0.479 e.